The molecule has 88 valence electrons. The van der Waals surface area contributed by atoms with Crippen molar-refractivity contribution in [2.45, 2.75) is 65.4 Å². The minimum atomic E-state index is 0.00882. The zero-order chi connectivity index (χ0) is 11.1. The first-order chi connectivity index (χ1) is 7.00. The third-order valence-electron chi connectivity index (χ3n) is 4.52. The maximum absolute atomic E-state index is 10.3. The third kappa shape index (κ3) is 2.55. The highest BCUT2D eigenvalue weighted by molar-refractivity contribution is 4.99. The molecule has 1 N–H and O–H groups in total. The van der Waals surface area contributed by atoms with E-state index < -0.39 is 0 Å². The van der Waals surface area contributed by atoms with Crippen molar-refractivity contribution in [1.29, 1.82) is 0 Å². The molecule has 0 heterocycles. The van der Waals surface area contributed by atoms with Gasteiger partial charge in [-0.15, -0.1) is 0 Å². The quantitative estimate of drug-likeness (QED) is 0.738. The van der Waals surface area contributed by atoms with Gasteiger partial charge in [-0.1, -0.05) is 40.0 Å². The lowest BCUT2D eigenvalue weighted by Crippen LogP contribution is -2.27. The van der Waals surface area contributed by atoms with Crippen molar-refractivity contribution in [3.63, 3.8) is 0 Å². The van der Waals surface area contributed by atoms with E-state index in [-0.39, 0.29) is 6.10 Å². The molecule has 2 rings (SSSR count). The number of aliphatic hydroxyl groups excluding tert-OH is 1. The Kier molecular flexibility index (Phi) is 3.12. The molecule has 2 saturated carbocycles. The molecular formula is C14H26O. The monoisotopic (exact) mass is 210 g/mol. The predicted molar refractivity (Wildman–Crippen MR) is 63.6 cm³/mol. The van der Waals surface area contributed by atoms with Gasteiger partial charge in [-0.25, -0.2) is 0 Å². The molecule has 0 aromatic heterocycles. The molecule has 0 radical (unpaired) electrons. The van der Waals surface area contributed by atoms with E-state index in [1.54, 1.807) is 0 Å². The molecule has 2 fully saturated rings. The summed E-state index contributed by atoms with van der Waals surface area (Å²) in [6, 6.07) is 0. The average Bonchev–Trinajstić information content (AvgIpc) is 2.97. The fourth-order valence-corrected chi connectivity index (χ4v) is 3.41. The Bertz CT molecular complexity index is 210. The van der Waals surface area contributed by atoms with E-state index in [9.17, 15) is 5.11 Å². The van der Waals surface area contributed by atoms with Crippen LogP contribution in [0.1, 0.15) is 59.3 Å². The predicted octanol–water partition coefficient (Wildman–Crippen LogP) is 3.61. The molecule has 0 saturated heterocycles. The van der Waals surface area contributed by atoms with Gasteiger partial charge in [-0.2, -0.15) is 0 Å². The second kappa shape index (κ2) is 4.08. The van der Waals surface area contributed by atoms with Crippen molar-refractivity contribution in [2.24, 2.45) is 23.2 Å². The summed E-state index contributed by atoms with van der Waals surface area (Å²) in [4.78, 5) is 0. The number of hydrogen-bond donors (Lipinski definition) is 1. The summed E-state index contributed by atoms with van der Waals surface area (Å²) in [7, 11) is 0. The second-order valence-electron chi connectivity index (χ2n) is 6.76. The summed E-state index contributed by atoms with van der Waals surface area (Å²) in [5.74, 6) is 2.01. The fourth-order valence-electron chi connectivity index (χ4n) is 3.41. The van der Waals surface area contributed by atoms with Gasteiger partial charge in [0.1, 0.15) is 0 Å². The molecule has 0 spiro atoms. The Labute approximate surface area is 94.3 Å². The van der Waals surface area contributed by atoms with E-state index in [2.05, 4.69) is 20.8 Å². The van der Waals surface area contributed by atoms with E-state index >= 15 is 0 Å². The van der Waals surface area contributed by atoms with Crippen molar-refractivity contribution < 1.29 is 5.11 Å². The van der Waals surface area contributed by atoms with Crippen LogP contribution in [0.15, 0.2) is 0 Å². The Balaban J connectivity index is 1.85. The first-order valence-corrected chi connectivity index (χ1v) is 6.68. The molecule has 1 heteroatoms. The minimum Gasteiger partial charge on any atom is -0.393 e. The Hall–Kier alpha value is -0.0400. The van der Waals surface area contributed by atoms with Gasteiger partial charge in [0.05, 0.1) is 6.10 Å². The molecule has 0 aromatic carbocycles. The van der Waals surface area contributed by atoms with Crippen LogP contribution in [-0.2, 0) is 0 Å². The van der Waals surface area contributed by atoms with E-state index in [1.165, 1.54) is 38.5 Å². The topological polar surface area (TPSA) is 20.2 Å². The van der Waals surface area contributed by atoms with Gasteiger partial charge in [0.25, 0.3) is 0 Å². The standard InChI is InChI=1S/C14H26O/c1-14(2,3)12-9-11(12)13(15)10-7-5-4-6-8-10/h10-13,15H,4-9H2,1-3H3/t11-,12-,13-/m1/s1. The molecule has 0 bridgehead atoms. The highest BCUT2D eigenvalue weighted by atomic mass is 16.3. The second-order valence-corrected chi connectivity index (χ2v) is 6.76. The van der Waals surface area contributed by atoms with Crippen LogP contribution in [-0.4, -0.2) is 11.2 Å². The maximum atomic E-state index is 10.3. The molecule has 0 aliphatic heterocycles. The van der Waals surface area contributed by atoms with Crippen LogP contribution < -0.4 is 0 Å². The van der Waals surface area contributed by atoms with Gasteiger partial charge in [0.15, 0.2) is 0 Å². The summed E-state index contributed by atoms with van der Waals surface area (Å²) < 4.78 is 0. The lowest BCUT2D eigenvalue weighted by atomic mass is 9.81. The van der Waals surface area contributed by atoms with E-state index in [0.29, 0.717) is 17.3 Å². The molecule has 0 aromatic rings. The summed E-state index contributed by atoms with van der Waals surface area (Å²) in [6.45, 7) is 6.93. The van der Waals surface area contributed by atoms with Crippen LogP contribution in [0, 0.1) is 23.2 Å². The van der Waals surface area contributed by atoms with Crippen LogP contribution in [0.2, 0.25) is 0 Å². The zero-order valence-electron chi connectivity index (χ0n) is 10.5. The van der Waals surface area contributed by atoms with Crippen LogP contribution in [0.4, 0.5) is 0 Å². The number of hydrogen-bond acceptors (Lipinski definition) is 1. The molecule has 1 nitrogen and oxygen atoms in total. The van der Waals surface area contributed by atoms with Gasteiger partial charge in [0.2, 0.25) is 0 Å². The Morgan fingerprint density at radius 2 is 1.67 bits per heavy atom. The SMILES string of the molecule is CC(C)(C)[C@@H]1C[C@H]1[C@H](O)C1CCCCC1. The first kappa shape index (κ1) is 11.4. The van der Waals surface area contributed by atoms with Gasteiger partial charge < -0.3 is 5.11 Å². The van der Waals surface area contributed by atoms with Crippen molar-refractivity contribution in [1.82, 2.24) is 0 Å². The summed E-state index contributed by atoms with van der Waals surface area (Å²) in [5.41, 5.74) is 0.403. The minimum absolute atomic E-state index is 0.00882. The Morgan fingerprint density at radius 3 is 2.13 bits per heavy atom. The third-order valence-corrected chi connectivity index (χ3v) is 4.52. The largest absolute Gasteiger partial charge is 0.393 e. The maximum Gasteiger partial charge on any atom is 0.0599 e. The Morgan fingerprint density at radius 1 is 1.07 bits per heavy atom. The van der Waals surface area contributed by atoms with Gasteiger partial charge in [-0.3, -0.25) is 0 Å². The molecule has 2 aliphatic rings. The van der Waals surface area contributed by atoms with Crippen molar-refractivity contribution in [2.75, 3.05) is 0 Å². The molecule has 2 aliphatic carbocycles. The lowest BCUT2D eigenvalue weighted by molar-refractivity contribution is 0.0545. The highest BCUT2D eigenvalue weighted by Gasteiger charge is 2.50. The van der Waals surface area contributed by atoms with E-state index in [0.717, 1.165) is 5.92 Å². The van der Waals surface area contributed by atoms with Crippen LogP contribution in [0.5, 0.6) is 0 Å². The highest BCUT2D eigenvalue weighted by Crippen LogP contribution is 2.54. The van der Waals surface area contributed by atoms with Crippen molar-refractivity contribution in [3.05, 3.63) is 0 Å². The average molecular weight is 210 g/mol. The molecule has 0 amide bonds. The molecular weight excluding hydrogens is 184 g/mol. The van der Waals surface area contributed by atoms with Crippen LogP contribution in [0.25, 0.3) is 0 Å². The number of rotatable bonds is 2. The van der Waals surface area contributed by atoms with Gasteiger partial charge >= 0.3 is 0 Å². The van der Waals surface area contributed by atoms with Crippen molar-refractivity contribution >= 4 is 0 Å². The zero-order valence-corrected chi connectivity index (χ0v) is 10.5. The van der Waals surface area contributed by atoms with E-state index in [1.807, 2.05) is 0 Å². The van der Waals surface area contributed by atoms with Gasteiger partial charge in [0, 0.05) is 0 Å². The van der Waals surface area contributed by atoms with Crippen LogP contribution >= 0.6 is 0 Å². The van der Waals surface area contributed by atoms with Crippen molar-refractivity contribution in [3.8, 4) is 0 Å². The normalized spacial score (nSPS) is 35.2. The van der Waals surface area contributed by atoms with E-state index in [4.69, 9.17) is 0 Å². The number of aliphatic hydroxyl groups is 1. The fraction of sp³-hybridized carbons (Fsp3) is 1.00. The molecule has 0 unspecified atom stereocenters. The first-order valence-electron chi connectivity index (χ1n) is 6.68. The molecule has 3 atom stereocenters. The summed E-state index contributed by atoms with van der Waals surface area (Å²) in [6.07, 6.45) is 7.89. The van der Waals surface area contributed by atoms with Gasteiger partial charge in [-0.05, 0) is 42.4 Å². The van der Waals surface area contributed by atoms with Crippen LogP contribution in [0.3, 0.4) is 0 Å². The molecule has 15 heavy (non-hydrogen) atoms. The summed E-state index contributed by atoms with van der Waals surface area (Å²) in [5, 5.41) is 10.3. The smallest absolute Gasteiger partial charge is 0.0599 e. The summed E-state index contributed by atoms with van der Waals surface area (Å²) >= 11 is 0. The lowest BCUT2D eigenvalue weighted by Gasteiger charge is -2.28.